The molecule has 0 amide bonds. The first-order chi connectivity index (χ1) is 5.80. The summed E-state index contributed by atoms with van der Waals surface area (Å²) in [7, 11) is 5.04. The molecule has 74 valence electrons. The summed E-state index contributed by atoms with van der Waals surface area (Å²) in [4.78, 5) is 22.1. The van der Waals surface area contributed by atoms with Crippen LogP contribution in [0, 0.1) is 0 Å². The maximum Gasteiger partial charge on any atom is 0.371 e. The van der Waals surface area contributed by atoms with Gasteiger partial charge in [0.25, 0.3) is 0 Å². The van der Waals surface area contributed by atoms with E-state index in [-0.39, 0.29) is 10.3 Å². The number of likely N-dealkylation sites (N-methyl/N-ethyl adjacent to an activating group) is 1. The van der Waals surface area contributed by atoms with E-state index < -0.39 is 12.0 Å². The Morgan fingerprint density at radius 3 is 2.00 bits per heavy atom. The molecule has 0 bridgehead atoms. The fourth-order valence-electron chi connectivity index (χ4n) is 1.09. The monoisotopic (exact) mass is 186 g/mol. The van der Waals surface area contributed by atoms with Gasteiger partial charge in [-0.15, -0.1) is 0 Å². The zero-order valence-corrected chi connectivity index (χ0v) is 8.44. The number of hydrogen-bond donors (Lipinski definition) is 1. The predicted molar refractivity (Wildman–Crippen MR) is 49.3 cm³/mol. The summed E-state index contributed by atoms with van der Waals surface area (Å²) in [5.41, 5.74) is 0. The largest absolute Gasteiger partial charge is 0.476 e. The maximum atomic E-state index is 11.3. The lowest BCUT2D eigenvalue weighted by atomic mass is 10.1. The lowest BCUT2D eigenvalue weighted by molar-refractivity contribution is -0.877. The maximum absolute atomic E-state index is 11.3. The van der Waals surface area contributed by atoms with Gasteiger partial charge in [-0.25, -0.2) is 4.79 Å². The van der Waals surface area contributed by atoms with Gasteiger partial charge in [0.15, 0.2) is 0 Å². The van der Waals surface area contributed by atoms with Crippen molar-refractivity contribution in [3.8, 4) is 0 Å². The zero-order chi connectivity index (χ0) is 10.6. The van der Waals surface area contributed by atoms with Crippen LogP contribution in [0.3, 0.4) is 0 Å². The Morgan fingerprint density at radius 2 is 1.77 bits per heavy atom. The third kappa shape index (κ3) is 3.38. The highest BCUT2D eigenvalue weighted by Crippen LogP contribution is 2.05. The van der Waals surface area contributed by atoms with E-state index in [0.29, 0.717) is 0 Å². The second kappa shape index (κ2) is 4.18. The average molecular weight is 186 g/mol. The zero-order valence-electron chi connectivity index (χ0n) is 8.44. The molecule has 0 aromatic heterocycles. The van der Waals surface area contributed by atoms with E-state index in [2.05, 4.69) is 0 Å². The third-order valence-electron chi connectivity index (χ3n) is 1.61. The van der Waals surface area contributed by atoms with E-state index >= 15 is 0 Å². The summed E-state index contributed by atoms with van der Waals surface area (Å²) >= 11 is 0. The number of ketones is 1. The highest BCUT2D eigenvalue weighted by Gasteiger charge is 2.36. The Kier molecular flexibility index (Phi) is 3.81. The predicted octanol–water partition coefficient (Wildman–Crippen LogP) is 0.291. The molecule has 1 atom stereocenters. The van der Waals surface area contributed by atoms with E-state index in [1.165, 1.54) is 6.08 Å². The molecule has 0 rings (SSSR count). The molecule has 0 aliphatic heterocycles. The van der Waals surface area contributed by atoms with E-state index in [1.54, 1.807) is 34.1 Å². The number of carboxylic acids is 1. The fourth-order valence-corrected chi connectivity index (χ4v) is 1.09. The number of carboxylic acid groups (broad SMARTS) is 1. The number of hydrogen-bond acceptors (Lipinski definition) is 2. The number of allylic oxidation sites excluding steroid dienone is 1. The van der Waals surface area contributed by atoms with E-state index in [0.717, 1.165) is 0 Å². The molecule has 4 nitrogen and oxygen atoms in total. The highest BCUT2D eigenvalue weighted by molar-refractivity contribution is 6.06. The van der Waals surface area contributed by atoms with Crippen LogP contribution in [0.15, 0.2) is 12.2 Å². The van der Waals surface area contributed by atoms with Crippen molar-refractivity contribution in [1.82, 2.24) is 0 Å². The molecule has 0 spiro atoms. The molecular weight excluding hydrogens is 170 g/mol. The number of rotatable bonds is 4. The summed E-state index contributed by atoms with van der Waals surface area (Å²) < 4.78 is 0.0957. The van der Waals surface area contributed by atoms with Gasteiger partial charge in [0.2, 0.25) is 11.8 Å². The van der Waals surface area contributed by atoms with Crippen molar-refractivity contribution < 1.29 is 19.2 Å². The number of aliphatic carboxylic acids is 1. The number of nitrogens with zero attached hydrogens (tertiary/aromatic N) is 1. The van der Waals surface area contributed by atoms with Gasteiger partial charge in [-0.2, -0.15) is 0 Å². The molecule has 0 fully saturated rings. The summed E-state index contributed by atoms with van der Waals surface area (Å²) in [6.07, 6.45) is 2.84. The molecule has 1 N–H and O–H groups in total. The summed E-state index contributed by atoms with van der Waals surface area (Å²) in [5.74, 6) is -1.46. The first kappa shape index (κ1) is 11.8. The van der Waals surface area contributed by atoms with E-state index in [1.807, 2.05) is 0 Å². The molecule has 0 aromatic rings. The van der Waals surface area contributed by atoms with Crippen LogP contribution in [-0.4, -0.2) is 48.5 Å². The molecule has 0 saturated carbocycles. The first-order valence-electron chi connectivity index (χ1n) is 4.01. The average Bonchev–Trinajstić information content (AvgIpc) is 1.82. The fraction of sp³-hybridized carbons (Fsp3) is 0.556. The van der Waals surface area contributed by atoms with Crippen LogP contribution in [-0.2, 0) is 9.59 Å². The SMILES string of the molecule is CC=CC(=O)C(C(=O)O)[N+](C)(C)C. The molecule has 0 aromatic carbocycles. The smallest absolute Gasteiger partial charge is 0.371 e. The number of carbonyl (C=O) groups excluding carboxylic acids is 1. The van der Waals surface area contributed by atoms with Gasteiger partial charge in [-0.3, -0.25) is 4.79 Å². The molecule has 0 radical (unpaired) electrons. The minimum atomic E-state index is -1.09. The molecular formula is C9H16NO3+. The van der Waals surface area contributed by atoms with Gasteiger partial charge < -0.3 is 9.59 Å². The topological polar surface area (TPSA) is 54.4 Å². The molecule has 0 heterocycles. The second-order valence-electron chi connectivity index (χ2n) is 3.76. The van der Waals surface area contributed by atoms with Gasteiger partial charge in [0.1, 0.15) is 0 Å². The van der Waals surface area contributed by atoms with Gasteiger partial charge in [0.05, 0.1) is 21.1 Å². The van der Waals surface area contributed by atoms with Crippen molar-refractivity contribution >= 4 is 11.8 Å². The Bertz CT molecular complexity index is 238. The van der Waals surface area contributed by atoms with Crippen molar-refractivity contribution in [2.24, 2.45) is 0 Å². The molecule has 0 aliphatic carbocycles. The lowest BCUT2D eigenvalue weighted by Gasteiger charge is -2.28. The first-order valence-corrected chi connectivity index (χ1v) is 4.01. The van der Waals surface area contributed by atoms with E-state index in [4.69, 9.17) is 5.11 Å². The van der Waals surface area contributed by atoms with Crippen LogP contribution in [0.4, 0.5) is 0 Å². The highest BCUT2D eigenvalue weighted by atomic mass is 16.4. The van der Waals surface area contributed by atoms with Crippen molar-refractivity contribution in [3.05, 3.63) is 12.2 Å². The Balaban J connectivity index is 4.83. The molecule has 1 unspecified atom stereocenters. The normalized spacial score (nSPS) is 14.5. The number of carbonyl (C=O) groups is 2. The Morgan fingerprint density at radius 1 is 1.31 bits per heavy atom. The van der Waals surface area contributed by atoms with Gasteiger partial charge in [-0.1, -0.05) is 6.08 Å². The van der Waals surface area contributed by atoms with Crippen LogP contribution >= 0.6 is 0 Å². The van der Waals surface area contributed by atoms with Crippen LogP contribution in [0.2, 0.25) is 0 Å². The van der Waals surface area contributed by atoms with Gasteiger partial charge in [0, 0.05) is 0 Å². The van der Waals surface area contributed by atoms with E-state index in [9.17, 15) is 9.59 Å². The van der Waals surface area contributed by atoms with Crippen molar-refractivity contribution in [3.63, 3.8) is 0 Å². The molecule has 4 heteroatoms. The van der Waals surface area contributed by atoms with Crippen molar-refractivity contribution in [2.75, 3.05) is 21.1 Å². The van der Waals surface area contributed by atoms with Crippen LogP contribution in [0.5, 0.6) is 0 Å². The van der Waals surface area contributed by atoms with Crippen molar-refractivity contribution in [1.29, 1.82) is 0 Å². The minimum Gasteiger partial charge on any atom is -0.476 e. The molecule has 0 aliphatic rings. The van der Waals surface area contributed by atoms with Crippen LogP contribution in [0.25, 0.3) is 0 Å². The van der Waals surface area contributed by atoms with Crippen LogP contribution in [0.1, 0.15) is 6.92 Å². The standard InChI is InChI=1S/C9H15NO3/c1-5-6-7(11)8(9(12)13)10(2,3)4/h5-6,8H,1-4H3/p+1. The van der Waals surface area contributed by atoms with Gasteiger partial charge >= 0.3 is 5.97 Å². The van der Waals surface area contributed by atoms with Gasteiger partial charge in [-0.05, 0) is 13.0 Å². The Labute approximate surface area is 78.1 Å². The Hall–Kier alpha value is -1.16. The summed E-state index contributed by atoms with van der Waals surface area (Å²) in [6, 6.07) is -1.02. The van der Waals surface area contributed by atoms with Crippen LogP contribution < -0.4 is 0 Å². The summed E-state index contributed by atoms with van der Waals surface area (Å²) in [6.45, 7) is 1.69. The quantitative estimate of drug-likeness (QED) is 0.390. The summed E-state index contributed by atoms with van der Waals surface area (Å²) in [5, 5.41) is 8.84. The third-order valence-corrected chi connectivity index (χ3v) is 1.61. The molecule has 0 saturated heterocycles. The second-order valence-corrected chi connectivity index (χ2v) is 3.76. The molecule has 13 heavy (non-hydrogen) atoms. The lowest BCUT2D eigenvalue weighted by Crippen LogP contribution is -2.53. The number of quaternary nitrogens is 1. The van der Waals surface area contributed by atoms with Crippen molar-refractivity contribution in [2.45, 2.75) is 13.0 Å². The minimum absolute atomic E-state index is 0.0957.